The first-order valence-corrected chi connectivity index (χ1v) is 5.49. The number of hydrogen-bond donors (Lipinski definition) is 0. The first-order valence-electron chi connectivity index (χ1n) is 5.49. The van der Waals surface area contributed by atoms with Crippen molar-refractivity contribution in [1.82, 2.24) is 19.9 Å². The van der Waals surface area contributed by atoms with Crippen LogP contribution >= 0.6 is 0 Å². The van der Waals surface area contributed by atoms with E-state index < -0.39 is 0 Å². The Balaban J connectivity index is 1.95. The van der Waals surface area contributed by atoms with Crippen molar-refractivity contribution in [3.05, 3.63) is 11.9 Å². The lowest BCUT2D eigenvalue weighted by Crippen LogP contribution is -2.34. The van der Waals surface area contributed by atoms with E-state index in [0.29, 0.717) is 31.1 Å². The second-order valence-electron chi connectivity index (χ2n) is 4.00. The molecule has 2 heterocycles. The van der Waals surface area contributed by atoms with Crippen molar-refractivity contribution in [3.63, 3.8) is 0 Å². The Kier molecular flexibility index (Phi) is 3.61. The van der Waals surface area contributed by atoms with Gasteiger partial charge in [-0.3, -0.25) is 14.4 Å². The molecule has 0 amide bonds. The topological polar surface area (TPSA) is 51.0 Å². The van der Waals surface area contributed by atoms with Crippen LogP contribution in [-0.2, 0) is 6.54 Å². The van der Waals surface area contributed by atoms with E-state index in [2.05, 4.69) is 15.2 Å². The third kappa shape index (κ3) is 2.44. The third-order valence-corrected chi connectivity index (χ3v) is 2.95. The van der Waals surface area contributed by atoms with E-state index in [1.807, 2.05) is 0 Å². The summed E-state index contributed by atoms with van der Waals surface area (Å²) in [5.74, 6) is 0. The Morgan fingerprint density at radius 2 is 2.50 bits per heavy atom. The molecule has 6 heteroatoms. The summed E-state index contributed by atoms with van der Waals surface area (Å²) in [4.78, 5) is 12.6. The molecule has 0 bridgehead atoms. The molecule has 16 heavy (non-hydrogen) atoms. The molecule has 0 aromatic carbocycles. The largest absolute Gasteiger partial charge is 0.296 e. The molecule has 1 aromatic heterocycles. The van der Waals surface area contributed by atoms with Crippen molar-refractivity contribution >= 4 is 6.29 Å². The van der Waals surface area contributed by atoms with Crippen molar-refractivity contribution in [2.24, 2.45) is 0 Å². The Morgan fingerprint density at radius 1 is 1.62 bits per heavy atom. The standard InChI is InChI=1S/C10H15FN4O/c11-3-5-14-4-1-2-10(14)7-15-6-9(8-16)12-13-15/h6,8,10H,1-5,7H2. The quantitative estimate of drug-likeness (QED) is 0.687. The van der Waals surface area contributed by atoms with E-state index in [4.69, 9.17) is 0 Å². The zero-order valence-electron chi connectivity index (χ0n) is 9.05. The van der Waals surface area contributed by atoms with Gasteiger partial charge < -0.3 is 0 Å². The number of aldehydes is 1. The molecule has 0 N–H and O–H groups in total. The number of carbonyl (C=O) groups is 1. The van der Waals surface area contributed by atoms with Gasteiger partial charge in [0, 0.05) is 12.6 Å². The number of alkyl halides is 1. The smallest absolute Gasteiger partial charge is 0.171 e. The van der Waals surface area contributed by atoms with Crippen molar-refractivity contribution in [2.45, 2.75) is 25.4 Å². The second-order valence-corrected chi connectivity index (χ2v) is 4.00. The molecule has 0 spiro atoms. The van der Waals surface area contributed by atoms with E-state index >= 15 is 0 Å². The monoisotopic (exact) mass is 226 g/mol. The molecule has 1 unspecified atom stereocenters. The molecule has 0 saturated carbocycles. The maximum atomic E-state index is 12.3. The highest BCUT2D eigenvalue weighted by molar-refractivity contribution is 5.70. The normalized spacial score (nSPS) is 21.4. The van der Waals surface area contributed by atoms with Gasteiger partial charge in [0.05, 0.1) is 12.7 Å². The highest BCUT2D eigenvalue weighted by Gasteiger charge is 2.24. The summed E-state index contributed by atoms with van der Waals surface area (Å²) in [5.41, 5.74) is 0.343. The van der Waals surface area contributed by atoms with Gasteiger partial charge in [0.1, 0.15) is 12.4 Å². The zero-order chi connectivity index (χ0) is 11.4. The lowest BCUT2D eigenvalue weighted by molar-refractivity contribution is 0.111. The number of aromatic nitrogens is 3. The van der Waals surface area contributed by atoms with Gasteiger partial charge in [-0.1, -0.05) is 5.21 Å². The summed E-state index contributed by atoms with van der Waals surface area (Å²) in [6.45, 7) is 1.80. The second kappa shape index (κ2) is 5.16. The van der Waals surface area contributed by atoms with Crippen molar-refractivity contribution in [1.29, 1.82) is 0 Å². The Hall–Kier alpha value is -1.30. The summed E-state index contributed by atoms with van der Waals surface area (Å²) in [6, 6.07) is 0.317. The van der Waals surface area contributed by atoms with Gasteiger partial charge in [-0.15, -0.1) is 5.10 Å². The number of hydrogen-bond acceptors (Lipinski definition) is 4. The summed E-state index contributed by atoms with van der Waals surface area (Å²) in [5, 5.41) is 7.56. The van der Waals surface area contributed by atoms with Gasteiger partial charge in [0.15, 0.2) is 6.29 Å². The Bertz CT molecular complexity index is 354. The van der Waals surface area contributed by atoms with Crippen LogP contribution in [0.3, 0.4) is 0 Å². The number of carbonyl (C=O) groups excluding carboxylic acids is 1. The summed E-state index contributed by atoms with van der Waals surface area (Å²) in [7, 11) is 0. The molecule has 2 rings (SSSR count). The molecule has 1 fully saturated rings. The minimum absolute atomic E-state index is 0.312. The molecule has 1 atom stereocenters. The van der Waals surface area contributed by atoms with Crippen molar-refractivity contribution in [3.8, 4) is 0 Å². The maximum Gasteiger partial charge on any atom is 0.171 e. The average molecular weight is 226 g/mol. The third-order valence-electron chi connectivity index (χ3n) is 2.95. The minimum Gasteiger partial charge on any atom is -0.296 e. The fourth-order valence-electron chi connectivity index (χ4n) is 2.18. The van der Waals surface area contributed by atoms with Crippen LogP contribution < -0.4 is 0 Å². The van der Waals surface area contributed by atoms with Crippen LogP contribution in [0.5, 0.6) is 0 Å². The number of halogens is 1. The fraction of sp³-hybridized carbons (Fsp3) is 0.700. The molecular formula is C10H15FN4O. The molecule has 5 nitrogen and oxygen atoms in total. The fourth-order valence-corrected chi connectivity index (χ4v) is 2.18. The molecule has 1 aliphatic rings. The molecule has 0 radical (unpaired) electrons. The zero-order valence-corrected chi connectivity index (χ0v) is 9.05. The first-order chi connectivity index (χ1) is 7.83. The summed E-state index contributed by atoms with van der Waals surface area (Å²) in [6.07, 6.45) is 4.45. The van der Waals surface area contributed by atoms with Crippen LogP contribution in [0, 0.1) is 0 Å². The number of nitrogens with zero attached hydrogens (tertiary/aromatic N) is 4. The Labute approximate surface area is 93.2 Å². The summed E-state index contributed by atoms with van der Waals surface area (Å²) >= 11 is 0. The maximum absolute atomic E-state index is 12.3. The lowest BCUT2D eigenvalue weighted by Gasteiger charge is -2.22. The van der Waals surface area contributed by atoms with E-state index in [1.165, 1.54) is 0 Å². The molecule has 1 aromatic rings. The van der Waals surface area contributed by atoms with Crippen LogP contribution in [0.15, 0.2) is 6.20 Å². The van der Waals surface area contributed by atoms with E-state index in [1.54, 1.807) is 10.9 Å². The van der Waals surface area contributed by atoms with Crippen molar-refractivity contribution in [2.75, 3.05) is 19.8 Å². The highest BCUT2D eigenvalue weighted by Crippen LogP contribution is 2.18. The molecule has 1 aliphatic heterocycles. The predicted molar refractivity (Wildman–Crippen MR) is 56.0 cm³/mol. The van der Waals surface area contributed by atoms with Gasteiger partial charge in [0.25, 0.3) is 0 Å². The van der Waals surface area contributed by atoms with Gasteiger partial charge in [-0.2, -0.15) is 0 Å². The highest BCUT2D eigenvalue weighted by atomic mass is 19.1. The minimum atomic E-state index is -0.312. The predicted octanol–water partition coefficient (Wildman–Crippen LogP) is 0.524. The van der Waals surface area contributed by atoms with E-state index in [9.17, 15) is 9.18 Å². The van der Waals surface area contributed by atoms with Gasteiger partial charge in [-0.05, 0) is 19.4 Å². The van der Waals surface area contributed by atoms with Crippen LogP contribution in [0.4, 0.5) is 4.39 Å². The Morgan fingerprint density at radius 3 is 3.19 bits per heavy atom. The van der Waals surface area contributed by atoms with E-state index in [-0.39, 0.29) is 6.67 Å². The van der Waals surface area contributed by atoms with Crippen LogP contribution in [0.25, 0.3) is 0 Å². The average Bonchev–Trinajstić information content (AvgIpc) is 2.90. The molecular weight excluding hydrogens is 211 g/mol. The lowest BCUT2D eigenvalue weighted by atomic mass is 10.2. The number of rotatable bonds is 5. The SMILES string of the molecule is O=Cc1cn(CC2CCCN2CCF)nn1. The van der Waals surface area contributed by atoms with Crippen LogP contribution in [0.1, 0.15) is 23.3 Å². The van der Waals surface area contributed by atoms with Crippen LogP contribution in [-0.4, -0.2) is 52.0 Å². The van der Waals surface area contributed by atoms with Gasteiger partial charge in [0.2, 0.25) is 0 Å². The van der Waals surface area contributed by atoms with Crippen molar-refractivity contribution < 1.29 is 9.18 Å². The number of likely N-dealkylation sites (tertiary alicyclic amines) is 1. The molecule has 88 valence electrons. The summed E-state index contributed by atoms with van der Waals surface area (Å²) < 4.78 is 14.0. The first kappa shape index (κ1) is 11.2. The van der Waals surface area contributed by atoms with E-state index in [0.717, 1.165) is 19.4 Å². The molecule has 1 saturated heterocycles. The van der Waals surface area contributed by atoms with Gasteiger partial charge >= 0.3 is 0 Å². The molecule has 0 aliphatic carbocycles. The van der Waals surface area contributed by atoms with Gasteiger partial charge in [-0.25, -0.2) is 4.39 Å². The van der Waals surface area contributed by atoms with Crippen LogP contribution in [0.2, 0.25) is 0 Å².